The topological polar surface area (TPSA) is 75.6 Å². The minimum absolute atomic E-state index is 0.392. The van der Waals surface area contributed by atoms with Crippen molar-refractivity contribution in [3.8, 4) is 5.75 Å². The Bertz CT molecular complexity index is 1010. The zero-order chi connectivity index (χ0) is 24.1. The van der Waals surface area contributed by atoms with E-state index in [1.807, 2.05) is 44.2 Å². The summed E-state index contributed by atoms with van der Waals surface area (Å²) in [6.45, 7) is 4.44. The molecule has 0 saturated heterocycles. The van der Waals surface area contributed by atoms with Crippen molar-refractivity contribution in [1.29, 1.82) is 0 Å². The number of benzene rings is 2. The van der Waals surface area contributed by atoms with Crippen LogP contribution in [0.25, 0.3) is 10.8 Å². The summed E-state index contributed by atoms with van der Waals surface area (Å²) < 4.78 is 5.70. The Morgan fingerprint density at radius 1 is 1.03 bits per heavy atom. The fourth-order valence-electron chi connectivity index (χ4n) is 5.38. The fraction of sp³-hybridized carbons (Fsp3) is 0.571. The molecule has 0 unspecified atom stereocenters. The molecule has 6 heteroatoms. The van der Waals surface area contributed by atoms with Crippen molar-refractivity contribution in [3.05, 3.63) is 42.0 Å². The average molecular weight is 484 g/mol. The van der Waals surface area contributed by atoms with E-state index in [0.717, 1.165) is 36.5 Å². The highest BCUT2D eigenvalue weighted by molar-refractivity contribution is 8.01. The van der Waals surface area contributed by atoms with Crippen molar-refractivity contribution in [2.24, 2.45) is 5.92 Å². The van der Waals surface area contributed by atoms with E-state index in [-0.39, 0.29) is 0 Å². The third kappa shape index (κ3) is 5.88. The van der Waals surface area contributed by atoms with Crippen molar-refractivity contribution >= 4 is 34.4 Å². The Hall–Kier alpha value is -2.21. The third-order valence-electron chi connectivity index (χ3n) is 7.30. The number of fused-ring (bicyclic) bond motifs is 1. The van der Waals surface area contributed by atoms with Gasteiger partial charge in [0, 0.05) is 15.4 Å². The molecule has 0 bridgehead atoms. The predicted molar refractivity (Wildman–Crippen MR) is 139 cm³/mol. The van der Waals surface area contributed by atoms with Crippen LogP contribution in [0.5, 0.6) is 5.75 Å². The van der Waals surface area contributed by atoms with Gasteiger partial charge in [-0.15, -0.1) is 11.8 Å². The Morgan fingerprint density at radius 2 is 1.71 bits per heavy atom. The van der Waals surface area contributed by atoms with Crippen molar-refractivity contribution in [1.82, 2.24) is 5.32 Å². The molecule has 184 valence electrons. The van der Waals surface area contributed by atoms with Gasteiger partial charge in [-0.25, -0.2) is 4.79 Å². The zero-order valence-electron chi connectivity index (χ0n) is 20.3. The zero-order valence-corrected chi connectivity index (χ0v) is 21.2. The molecule has 0 spiro atoms. The molecule has 0 heterocycles. The number of nitrogens with one attached hydrogen (secondary N) is 1. The Morgan fingerprint density at radius 3 is 2.41 bits per heavy atom. The van der Waals surface area contributed by atoms with Gasteiger partial charge in [0.25, 0.3) is 5.91 Å². The molecule has 2 aromatic carbocycles. The van der Waals surface area contributed by atoms with Crippen LogP contribution in [0.2, 0.25) is 0 Å². The van der Waals surface area contributed by atoms with E-state index in [1.165, 1.54) is 32.1 Å². The van der Waals surface area contributed by atoms with Crippen molar-refractivity contribution < 1.29 is 19.4 Å². The van der Waals surface area contributed by atoms with E-state index in [4.69, 9.17) is 4.74 Å². The van der Waals surface area contributed by atoms with Crippen LogP contribution in [0.15, 0.2) is 36.4 Å². The van der Waals surface area contributed by atoms with Crippen LogP contribution in [-0.2, 0) is 4.79 Å². The van der Waals surface area contributed by atoms with Crippen molar-refractivity contribution in [2.75, 3.05) is 6.61 Å². The Labute approximate surface area is 207 Å². The number of carboxylic acid groups (broad SMARTS) is 1. The highest BCUT2D eigenvalue weighted by atomic mass is 32.2. The SMILES string of the molecule is CC(C)(SC1CCCC1)[C@H](NC(=O)c1ccc2ccccc2c1OCC1CCCCC1)C(=O)O. The molecule has 5 nitrogen and oxygen atoms in total. The number of hydrogen-bond acceptors (Lipinski definition) is 4. The van der Waals surface area contributed by atoms with Crippen LogP contribution in [0.4, 0.5) is 0 Å². The molecule has 1 atom stereocenters. The second-order valence-corrected chi connectivity index (χ2v) is 12.3. The van der Waals surface area contributed by atoms with Gasteiger partial charge in [0.05, 0.1) is 12.2 Å². The fourth-order valence-corrected chi connectivity index (χ4v) is 7.10. The highest BCUT2D eigenvalue weighted by Gasteiger charge is 2.40. The summed E-state index contributed by atoms with van der Waals surface area (Å²) in [7, 11) is 0. The number of rotatable bonds is 9. The summed E-state index contributed by atoms with van der Waals surface area (Å²) in [5.41, 5.74) is 0.405. The lowest BCUT2D eigenvalue weighted by Gasteiger charge is -2.34. The molecule has 0 radical (unpaired) electrons. The number of carbonyl (C=O) groups is 2. The summed E-state index contributed by atoms with van der Waals surface area (Å²) in [6.07, 6.45) is 10.6. The molecule has 2 aliphatic rings. The quantitative estimate of drug-likeness (QED) is 0.429. The van der Waals surface area contributed by atoms with Crippen molar-refractivity contribution in [2.45, 2.75) is 87.7 Å². The number of amides is 1. The van der Waals surface area contributed by atoms with Gasteiger partial charge in [0.1, 0.15) is 11.8 Å². The number of aliphatic carboxylic acids is 1. The van der Waals surface area contributed by atoms with Crippen LogP contribution in [-0.4, -0.2) is 39.6 Å². The first kappa shape index (κ1) is 24.9. The average Bonchev–Trinajstić information content (AvgIpc) is 3.33. The predicted octanol–water partition coefficient (Wildman–Crippen LogP) is 6.44. The van der Waals surface area contributed by atoms with Gasteiger partial charge in [0.2, 0.25) is 0 Å². The molecule has 2 saturated carbocycles. The molecule has 0 aromatic heterocycles. The summed E-state index contributed by atoms with van der Waals surface area (Å²) >= 11 is 1.69. The number of ether oxygens (including phenoxy) is 1. The van der Waals surface area contributed by atoms with Gasteiger partial charge in [-0.3, -0.25) is 4.79 Å². The highest BCUT2D eigenvalue weighted by Crippen LogP contribution is 2.40. The van der Waals surface area contributed by atoms with E-state index in [1.54, 1.807) is 17.8 Å². The Kier molecular flexibility index (Phi) is 8.07. The third-order valence-corrected chi connectivity index (χ3v) is 8.95. The number of hydrogen-bond donors (Lipinski definition) is 2. The monoisotopic (exact) mass is 483 g/mol. The molecule has 2 fully saturated rings. The van der Waals surface area contributed by atoms with E-state index < -0.39 is 22.7 Å². The normalized spacial score (nSPS) is 18.6. The van der Waals surface area contributed by atoms with E-state index in [2.05, 4.69) is 5.32 Å². The van der Waals surface area contributed by atoms with E-state index in [9.17, 15) is 14.7 Å². The largest absolute Gasteiger partial charge is 0.492 e. The number of carboxylic acids is 1. The lowest BCUT2D eigenvalue weighted by Crippen LogP contribution is -2.53. The molecular weight excluding hydrogens is 446 g/mol. The number of thioether (sulfide) groups is 1. The molecule has 1 amide bonds. The number of carbonyl (C=O) groups excluding carboxylic acids is 1. The maximum absolute atomic E-state index is 13.5. The molecule has 4 rings (SSSR count). The lowest BCUT2D eigenvalue weighted by molar-refractivity contribution is -0.139. The van der Waals surface area contributed by atoms with Gasteiger partial charge in [0.15, 0.2) is 0 Å². The summed E-state index contributed by atoms with van der Waals surface area (Å²) in [6, 6.07) is 10.6. The van der Waals surface area contributed by atoms with Crippen LogP contribution in [0.1, 0.15) is 82.0 Å². The van der Waals surface area contributed by atoms with Crippen LogP contribution < -0.4 is 10.1 Å². The molecular formula is C28H37NO4S. The minimum atomic E-state index is -1.01. The van der Waals surface area contributed by atoms with Crippen LogP contribution >= 0.6 is 11.8 Å². The van der Waals surface area contributed by atoms with Gasteiger partial charge < -0.3 is 15.2 Å². The van der Waals surface area contributed by atoms with E-state index in [0.29, 0.717) is 29.1 Å². The van der Waals surface area contributed by atoms with Crippen LogP contribution in [0.3, 0.4) is 0 Å². The summed E-state index contributed by atoms with van der Waals surface area (Å²) in [5.74, 6) is -0.338. The first-order valence-corrected chi connectivity index (χ1v) is 13.6. The minimum Gasteiger partial charge on any atom is -0.492 e. The van der Waals surface area contributed by atoms with Gasteiger partial charge >= 0.3 is 5.97 Å². The first-order valence-electron chi connectivity index (χ1n) is 12.7. The van der Waals surface area contributed by atoms with Crippen molar-refractivity contribution in [3.63, 3.8) is 0 Å². The molecule has 2 aliphatic carbocycles. The first-order chi connectivity index (χ1) is 16.3. The standard InChI is InChI=1S/C28H37NO4S/c1-28(2,34-21-13-7-8-14-21)25(27(31)32)29-26(30)23-17-16-20-12-6-9-15-22(20)24(23)33-18-19-10-4-3-5-11-19/h6,9,12,15-17,19,21,25H,3-5,7-8,10-11,13-14,18H2,1-2H3,(H,29,30)(H,31,32)/t25-/m1/s1. The Balaban J connectivity index is 1.57. The maximum Gasteiger partial charge on any atom is 0.327 e. The lowest BCUT2D eigenvalue weighted by atomic mass is 9.90. The maximum atomic E-state index is 13.5. The molecule has 2 aromatic rings. The summed E-state index contributed by atoms with van der Waals surface area (Å²) in [5, 5.41) is 15.2. The van der Waals surface area contributed by atoms with Gasteiger partial charge in [-0.05, 0) is 56.9 Å². The smallest absolute Gasteiger partial charge is 0.327 e. The van der Waals surface area contributed by atoms with Gasteiger partial charge in [-0.1, -0.05) is 62.4 Å². The second kappa shape index (κ2) is 11.0. The molecule has 0 aliphatic heterocycles. The molecule has 2 N–H and O–H groups in total. The summed E-state index contributed by atoms with van der Waals surface area (Å²) in [4.78, 5) is 25.8. The second-order valence-electron chi connectivity index (χ2n) is 10.4. The van der Waals surface area contributed by atoms with Crippen LogP contribution in [0, 0.1) is 5.92 Å². The molecule has 34 heavy (non-hydrogen) atoms. The van der Waals surface area contributed by atoms with E-state index >= 15 is 0 Å². The van der Waals surface area contributed by atoms with Gasteiger partial charge in [-0.2, -0.15) is 0 Å².